The second-order valence-corrected chi connectivity index (χ2v) is 7.65. The van der Waals surface area contributed by atoms with Crippen molar-refractivity contribution in [2.75, 3.05) is 20.1 Å². The normalized spacial score (nSPS) is 18.5. The first-order valence-corrected chi connectivity index (χ1v) is 9.89. The van der Waals surface area contributed by atoms with Gasteiger partial charge < -0.3 is 10.2 Å². The molecule has 1 saturated heterocycles. The van der Waals surface area contributed by atoms with E-state index in [2.05, 4.69) is 47.8 Å². The first-order chi connectivity index (χ1) is 12.7. The van der Waals surface area contributed by atoms with Gasteiger partial charge in [0.25, 0.3) is 0 Å². The number of fused-ring (bicyclic) bond motifs is 3. The van der Waals surface area contributed by atoms with E-state index in [1.54, 1.807) is 0 Å². The van der Waals surface area contributed by atoms with Gasteiger partial charge in [-0.05, 0) is 67.0 Å². The Morgan fingerprint density at radius 3 is 2.88 bits per heavy atom. The minimum absolute atomic E-state index is 0.316. The average Bonchev–Trinajstić information content (AvgIpc) is 3.06. The fourth-order valence-corrected chi connectivity index (χ4v) is 4.37. The van der Waals surface area contributed by atoms with Gasteiger partial charge in [0, 0.05) is 25.6 Å². The highest BCUT2D eigenvalue weighted by Gasteiger charge is 2.22. The zero-order valence-corrected chi connectivity index (χ0v) is 15.6. The van der Waals surface area contributed by atoms with Crippen molar-refractivity contribution in [2.24, 2.45) is 0 Å². The number of carbonyl (C=O) groups is 1. The second kappa shape index (κ2) is 7.63. The van der Waals surface area contributed by atoms with Crippen LogP contribution in [0.5, 0.6) is 0 Å². The number of hydrogen-bond acceptors (Lipinski definition) is 2. The Bertz CT molecular complexity index is 799. The Morgan fingerprint density at radius 1 is 1.15 bits per heavy atom. The molecule has 0 spiro atoms. The number of benzene rings is 2. The fraction of sp³-hybridized carbons (Fsp3) is 0.435. The molecular weight excluding hydrogens is 320 g/mol. The Morgan fingerprint density at radius 2 is 2.00 bits per heavy atom. The topological polar surface area (TPSA) is 32.3 Å². The van der Waals surface area contributed by atoms with Gasteiger partial charge in [0.1, 0.15) is 0 Å². The van der Waals surface area contributed by atoms with Crippen molar-refractivity contribution in [3.05, 3.63) is 59.2 Å². The quantitative estimate of drug-likeness (QED) is 0.761. The van der Waals surface area contributed by atoms with Crippen LogP contribution in [0.4, 0.5) is 0 Å². The van der Waals surface area contributed by atoms with E-state index in [-0.39, 0.29) is 0 Å². The van der Waals surface area contributed by atoms with Crippen LogP contribution in [0.1, 0.15) is 42.4 Å². The van der Waals surface area contributed by atoms with Gasteiger partial charge in [-0.3, -0.25) is 4.79 Å². The van der Waals surface area contributed by atoms with Crippen LogP contribution in [0.3, 0.4) is 0 Å². The summed E-state index contributed by atoms with van der Waals surface area (Å²) < 4.78 is 0. The summed E-state index contributed by atoms with van der Waals surface area (Å²) in [6.07, 6.45) is 5.90. The molecule has 1 heterocycles. The number of amides is 1. The summed E-state index contributed by atoms with van der Waals surface area (Å²) in [6.45, 7) is 1.79. The SMILES string of the molecule is CNC1CCCN(C(=O)CCCc2ccc3c(c2)-c2ccccc2C3)C1. The summed E-state index contributed by atoms with van der Waals surface area (Å²) in [5.41, 5.74) is 6.97. The van der Waals surface area contributed by atoms with Gasteiger partial charge in [0.05, 0.1) is 0 Å². The standard InChI is InChI=1S/C23H28N2O/c1-24-20-8-5-13-25(16-20)23(26)10-4-6-17-11-12-19-15-18-7-2-3-9-21(18)22(19)14-17/h2-3,7,9,11-12,14,20,24H,4-6,8,10,13,15-16H2,1H3. The molecule has 2 aromatic carbocycles. The maximum absolute atomic E-state index is 12.5. The summed E-state index contributed by atoms with van der Waals surface area (Å²) in [4.78, 5) is 14.5. The summed E-state index contributed by atoms with van der Waals surface area (Å²) in [6, 6.07) is 16.0. The van der Waals surface area contributed by atoms with Crippen molar-refractivity contribution >= 4 is 5.91 Å². The van der Waals surface area contributed by atoms with Crippen LogP contribution in [0.2, 0.25) is 0 Å². The van der Waals surface area contributed by atoms with Gasteiger partial charge in [-0.1, -0.05) is 42.5 Å². The molecule has 4 rings (SSSR count). The second-order valence-electron chi connectivity index (χ2n) is 7.65. The van der Waals surface area contributed by atoms with Crippen molar-refractivity contribution in [3.63, 3.8) is 0 Å². The molecule has 1 amide bonds. The number of aryl methyl sites for hydroxylation is 1. The molecule has 136 valence electrons. The Balaban J connectivity index is 1.34. The number of hydrogen-bond donors (Lipinski definition) is 1. The maximum Gasteiger partial charge on any atom is 0.222 e. The number of nitrogens with zero attached hydrogens (tertiary/aromatic N) is 1. The van der Waals surface area contributed by atoms with E-state index in [1.807, 2.05) is 11.9 Å². The number of carbonyl (C=O) groups excluding carboxylic acids is 1. The third-order valence-electron chi connectivity index (χ3n) is 5.90. The smallest absolute Gasteiger partial charge is 0.222 e. The zero-order chi connectivity index (χ0) is 17.9. The summed E-state index contributed by atoms with van der Waals surface area (Å²) in [7, 11) is 1.99. The molecule has 26 heavy (non-hydrogen) atoms. The lowest BCUT2D eigenvalue weighted by Gasteiger charge is -2.32. The van der Waals surface area contributed by atoms with Crippen LogP contribution in [0, 0.1) is 0 Å². The Labute approximate surface area is 156 Å². The molecule has 1 unspecified atom stereocenters. The molecule has 0 saturated carbocycles. The lowest BCUT2D eigenvalue weighted by atomic mass is 9.99. The van der Waals surface area contributed by atoms with Gasteiger partial charge >= 0.3 is 0 Å². The van der Waals surface area contributed by atoms with Crippen LogP contribution in [-0.2, 0) is 17.6 Å². The highest BCUT2D eigenvalue weighted by atomic mass is 16.2. The van der Waals surface area contributed by atoms with Gasteiger partial charge in [0.15, 0.2) is 0 Å². The van der Waals surface area contributed by atoms with Crippen molar-refractivity contribution < 1.29 is 4.79 Å². The van der Waals surface area contributed by atoms with E-state index >= 15 is 0 Å². The molecule has 0 bridgehead atoms. The first kappa shape index (κ1) is 17.3. The first-order valence-electron chi connectivity index (χ1n) is 9.89. The van der Waals surface area contributed by atoms with Gasteiger partial charge in [-0.2, -0.15) is 0 Å². The zero-order valence-electron chi connectivity index (χ0n) is 15.6. The van der Waals surface area contributed by atoms with Gasteiger partial charge in [-0.25, -0.2) is 0 Å². The van der Waals surface area contributed by atoms with Gasteiger partial charge in [-0.15, -0.1) is 0 Å². The van der Waals surface area contributed by atoms with Crippen molar-refractivity contribution in [1.29, 1.82) is 0 Å². The Kier molecular flexibility index (Phi) is 5.07. The number of likely N-dealkylation sites (tertiary alicyclic amines) is 1. The van der Waals surface area contributed by atoms with Crippen LogP contribution in [0.15, 0.2) is 42.5 Å². The largest absolute Gasteiger partial charge is 0.341 e. The van der Waals surface area contributed by atoms with E-state index in [9.17, 15) is 4.79 Å². The minimum Gasteiger partial charge on any atom is -0.341 e. The van der Waals surface area contributed by atoms with Crippen LogP contribution < -0.4 is 5.32 Å². The van der Waals surface area contributed by atoms with Gasteiger partial charge in [0.2, 0.25) is 5.91 Å². The summed E-state index contributed by atoms with van der Waals surface area (Å²) >= 11 is 0. The van der Waals surface area contributed by atoms with E-state index in [1.165, 1.54) is 34.2 Å². The van der Waals surface area contributed by atoms with Crippen molar-refractivity contribution in [1.82, 2.24) is 10.2 Å². The molecule has 2 aliphatic rings. The van der Waals surface area contributed by atoms with Crippen LogP contribution in [-0.4, -0.2) is 37.0 Å². The summed E-state index contributed by atoms with van der Waals surface area (Å²) in [5, 5.41) is 3.31. The van der Waals surface area contributed by atoms with E-state index < -0.39 is 0 Å². The summed E-state index contributed by atoms with van der Waals surface area (Å²) in [5.74, 6) is 0.316. The molecule has 0 aromatic heterocycles. The predicted octanol–water partition coefficient (Wildman–Crippen LogP) is 3.79. The molecule has 3 nitrogen and oxygen atoms in total. The molecule has 1 aliphatic heterocycles. The lowest BCUT2D eigenvalue weighted by molar-refractivity contribution is -0.132. The molecule has 1 atom stereocenters. The molecule has 1 fully saturated rings. The highest BCUT2D eigenvalue weighted by molar-refractivity contribution is 5.77. The monoisotopic (exact) mass is 348 g/mol. The number of rotatable bonds is 5. The van der Waals surface area contributed by atoms with Crippen molar-refractivity contribution in [2.45, 2.75) is 44.6 Å². The lowest BCUT2D eigenvalue weighted by Crippen LogP contribution is -2.46. The van der Waals surface area contributed by atoms with Crippen molar-refractivity contribution in [3.8, 4) is 11.1 Å². The van der Waals surface area contributed by atoms with E-state index in [4.69, 9.17) is 0 Å². The molecule has 3 heteroatoms. The van der Waals surface area contributed by atoms with Crippen LogP contribution in [0.25, 0.3) is 11.1 Å². The predicted molar refractivity (Wildman–Crippen MR) is 106 cm³/mol. The van der Waals surface area contributed by atoms with E-state index in [0.29, 0.717) is 18.4 Å². The highest BCUT2D eigenvalue weighted by Crippen LogP contribution is 2.37. The van der Waals surface area contributed by atoms with E-state index in [0.717, 1.165) is 38.8 Å². The average molecular weight is 348 g/mol. The number of piperidine rings is 1. The molecule has 2 aromatic rings. The molecule has 1 N–H and O–H groups in total. The maximum atomic E-state index is 12.5. The molecule has 0 radical (unpaired) electrons. The molecule has 1 aliphatic carbocycles. The Hall–Kier alpha value is -2.13. The number of nitrogens with one attached hydrogen (secondary N) is 1. The molecular formula is C23H28N2O. The third kappa shape index (κ3) is 3.54. The minimum atomic E-state index is 0.316. The third-order valence-corrected chi connectivity index (χ3v) is 5.90. The number of likely N-dealkylation sites (N-methyl/N-ethyl adjacent to an activating group) is 1. The van der Waals surface area contributed by atoms with Crippen LogP contribution >= 0.6 is 0 Å². The fourth-order valence-electron chi connectivity index (χ4n) is 4.37.